The topological polar surface area (TPSA) is 72.9 Å². The molecule has 2 heterocycles. The molecule has 1 saturated heterocycles. The summed E-state index contributed by atoms with van der Waals surface area (Å²) in [5.41, 5.74) is 1.68. The largest absolute Gasteiger partial charge is 0.508 e. The summed E-state index contributed by atoms with van der Waals surface area (Å²) in [6.07, 6.45) is 3.31. The predicted octanol–water partition coefficient (Wildman–Crippen LogP) is 3.48. The van der Waals surface area contributed by atoms with Gasteiger partial charge < -0.3 is 15.3 Å². The number of likely N-dealkylation sites (tertiary alicyclic amines) is 1. The van der Waals surface area contributed by atoms with E-state index in [2.05, 4.69) is 17.1 Å². The lowest BCUT2D eigenvalue weighted by Crippen LogP contribution is -2.42. The zero-order valence-electron chi connectivity index (χ0n) is 17.5. The molecule has 1 aromatic carbocycles. The van der Waals surface area contributed by atoms with Gasteiger partial charge in [0.2, 0.25) is 5.91 Å². The molecule has 0 radical (unpaired) electrons. The van der Waals surface area contributed by atoms with Crippen LogP contribution in [0.5, 0.6) is 5.75 Å². The van der Waals surface area contributed by atoms with Crippen molar-refractivity contribution in [2.45, 2.75) is 45.2 Å². The molecule has 0 bridgehead atoms. The van der Waals surface area contributed by atoms with Gasteiger partial charge in [-0.3, -0.25) is 14.5 Å². The summed E-state index contributed by atoms with van der Waals surface area (Å²) in [6, 6.07) is 9.24. The molecule has 7 heteroatoms. The first kappa shape index (κ1) is 22.3. The highest BCUT2D eigenvalue weighted by molar-refractivity contribution is 7.08. The van der Waals surface area contributed by atoms with Crippen LogP contribution in [0.15, 0.2) is 41.1 Å². The van der Waals surface area contributed by atoms with Crippen molar-refractivity contribution in [3.63, 3.8) is 0 Å². The second-order valence-corrected chi connectivity index (χ2v) is 8.52. The van der Waals surface area contributed by atoms with Crippen LogP contribution in [-0.4, -0.2) is 58.9 Å². The van der Waals surface area contributed by atoms with Gasteiger partial charge in [0.05, 0.1) is 0 Å². The number of hydrogen-bond donors (Lipinski definition) is 2. The van der Waals surface area contributed by atoms with Crippen LogP contribution in [0.3, 0.4) is 0 Å². The average molecular weight is 430 g/mol. The fourth-order valence-corrected chi connectivity index (χ4v) is 4.58. The number of phenols is 1. The molecule has 1 atom stereocenters. The van der Waals surface area contributed by atoms with Gasteiger partial charge in [-0.2, -0.15) is 11.3 Å². The second-order valence-electron chi connectivity index (χ2n) is 7.74. The Morgan fingerprint density at radius 2 is 2.07 bits per heavy atom. The Bertz CT molecular complexity index is 808. The zero-order chi connectivity index (χ0) is 21.3. The van der Waals surface area contributed by atoms with Gasteiger partial charge in [-0.15, -0.1) is 0 Å². The van der Waals surface area contributed by atoms with Gasteiger partial charge in [-0.1, -0.05) is 19.1 Å². The van der Waals surface area contributed by atoms with Crippen LogP contribution in [0, 0.1) is 0 Å². The third-order valence-corrected chi connectivity index (χ3v) is 6.32. The van der Waals surface area contributed by atoms with E-state index in [0.29, 0.717) is 37.5 Å². The van der Waals surface area contributed by atoms with E-state index >= 15 is 0 Å². The Morgan fingerprint density at radius 3 is 2.77 bits per heavy atom. The van der Waals surface area contributed by atoms with Crippen molar-refractivity contribution in [1.29, 1.82) is 0 Å². The van der Waals surface area contributed by atoms with Crippen LogP contribution >= 0.6 is 11.3 Å². The van der Waals surface area contributed by atoms with Crippen molar-refractivity contribution in [1.82, 2.24) is 15.1 Å². The second kappa shape index (κ2) is 11.1. The van der Waals surface area contributed by atoms with Crippen molar-refractivity contribution in [2.24, 2.45) is 0 Å². The Labute approximate surface area is 182 Å². The van der Waals surface area contributed by atoms with Gasteiger partial charge in [0.25, 0.3) is 5.91 Å². The first-order chi connectivity index (χ1) is 14.6. The Balaban J connectivity index is 1.54. The Morgan fingerprint density at radius 1 is 1.27 bits per heavy atom. The van der Waals surface area contributed by atoms with Crippen LogP contribution in [0.25, 0.3) is 0 Å². The molecule has 6 nitrogen and oxygen atoms in total. The first-order valence-electron chi connectivity index (χ1n) is 10.7. The molecule has 2 amide bonds. The Kier molecular flexibility index (Phi) is 8.28. The third kappa shape index (κ3) is 6.31. The highest BCUT2D eigenvalue weighted by Crippen LogP contribution is 2.20. The number of carbonyl (C=O) groups is 2. The summed E-state index contributed by atoms with van der Waals surface area (Å²) in [4.78, 5) is 29.4. The molecule has 1 fully saturated rings. The van der Waals surface area contributed by atoms with E-state index in [1.54, 1.807) is 18.2 Å². The van der Waals surface area contributed by atoms with Crippen LogP contribution < -0.4 is 5.32 Å². The molecule has 1 unspecified atom stereocenters. The number of thiophene rings is 1. The smallest absolute Gasteiger partial charge is 0.252 e. The molecule has 2 N–H and O–H groups in total. The summed E-state index contributed by atoms with van der Waals surface area (Å²) >= 11 is 1.49. The molecular weight excluding hydrogens is 398 g/mol. The number of benzene rings is 1. The minimum absolute atomic E-state index is 0.0887. The normalized spacial score (nSPS) is 16.5. The number of nitrogens with one attached hydrogen (secondary N) is 1. The lowest BCUT2D eigenvalue weighted by atomic mass is 10.1. The monoisotopic (exact) mass is 429 g/mol. The lowest BCUT2D eigenvalue weighted by Gasteiger charge is -2.30. The molecule has 1 aliphatic heterocycles. The standard InChI is InChI=1S/C23H31N3O3S/c1-2-25-13-4-5-20(25)16-26(15-18-7-9-21(27)10-8-18)22(28)6-3-12-24-23(29)19-11-14-30-17-19/h7-11,14,17,20,27H,2-6,12-13,15-16H2,1H3,(H,24,29). The van der Waals surface area contributed by atoms with E-state index < -0.39 is 0 Å². The fraction of sp³-hybridized carbons (Fsp3) is 0.478. The van der Waals surface area contributed by atoms with E-state index in [1.807, 2.05) is 27.8 Å². The summed E-state index contributed by atoms with van der Waals surface area (Å²) in [5, 5.41) is 16.1. The van der Waals surface area contributed by atoms with Gasteiger partial charge in [-0.05, 0) is 61.5 Å². The molecule has 0 spiro atoms. The van der Waals surface area contributed by atoms with Gasteiger partial charge in [0.15, 0.2) is 0 Å². The van der Waals surface area contributed by atoms with E-state index in [1.165, 1.54) is 17.8 Å². The number of likely N-dealkylation sites (N-methyl/N-ethyl adjacent to an activating group) is 1. The highest BCUT2D eigenvalue weighted by atomic mass is 32.1. The number of rotatable bonds is 10. The Hall–Kier alpha value is -2.38. The molecule has 0 saturated carbocycles. The number of carbonyl (C=O) groups excluding carboxylic acids is 2. The summed E-state index contributed by atoms with van der Waals surface area (Å²) in [5.74, 6) is 0.246. The summed E-state index contributed by atoms with van der Waals surface area (Å²) in [6.45, 7) is 6.00. The molecule has 30 heavy (non-hydrogen) atoms. The summed E-state index contributed by atoms with van der Waals surface area (Å²) < 4.78 is 0. The van der Waals surface area contributed by atoms with Crippen molar-refractivity contribution >= 4 is 23.2 Å². The number of amides is 2. The quantitative estimate of drug-likeness (QED) is 0.567. The molecule has 1 aliphatic rings. The van der Waals surface area contributed by atoms with Crippen molar-refractivity contribution in [2.75, 3.05) is 26.2 Å². The van der Waals surface area contributed by atoms with E-state index in [9.17, 15) is 14.7 Å². The first-order valence-corrected chi connectivity index (χ1v) is 11.6. The van der Waals surface area contributed by atoms with Crippen molar-refractivity contribution < 1.29 is 14.7 Å². The van der Waals surface area contributed by atoms with Gasteiger partial charge in [0, 0.05) is 43.0 Å². The molecule has 2 aromatic rings. The van der Waals surface area contributed by atoms with E-state index in [0.717, 1.165) is 31.6 Å². The highest BCUT2D eigenvalue weighted by Gasteiger charge is 2.27. The van der Waals surface area contributed by atoms with Gasteiger partial charge >= 0.3 is 0 Å². The maximum atomic E-state index is 13.0. The minimum Gasteiger partial charge on any atom is -0.508 e. The van der Waals surface area contributed by atoms with E-state index in [-0.39, 0.29) is 17.6 Å². The third-order valence-electron chi connectivity index (χ3n) is 5.64. The van der Waals surface area contributed by atoms with Crippen molar-refractivity contribution in [3.05, 3.63) is 52.2 Å². The molecule has 1 aromatic heterocycles. The number of phenolic OH excluding ortho intramolecular Hbond substituents is 1. The van der Waals surface area contributed by atoms with E-state index in [4.69, 9.17) is 0 Å². The maximum Gasteiger partial charge on any atom is 0.252 e. The maximum absolute atomic E-state index is 13.0. The minimum atomic E-state index is -0.0887. The predicted molar refractivity (Wildman–Crippen MR) is 120 cm³/mol. The zero-order valence-corrected chi connectivity index (χ0v) is 18.4. The molecular formula is C23H31N3O3S. The average Bonchev–Trinajstić information content (AvgIpc) is 3.44. The molecule has 162 valence electrons. The fourth-order valence-electron chi connectivity index (χ4n) is 3.94. The van der Waals surface area contributed by atoms with Crippen LogP contribution in [-0.2, 0) is 11.3 Å². The van der Waals surface area contributed by atoms with Crippen molar-refractivity contribution in [3.8, 4) is 5.75 Å². The van der Waals surface area contributed by atoms with Crippen LogP contribution in [0.4, 0.5) is 0 Å². The van der Waals surface area contributed by atoms with Crippen LogP contribution in [0.1, 0.15) is 48.5 Å². The summed E-state index contributed by atoms with van der Waals surface area (Å²) in [7, 11) is 0. The lowest BCUT2D eigenvalue weighted by molar-refractivity contribution is -0.132. The number of hydrogen-bond acceptors (Lipinski definition) is 5. The molecule has 3 rings (SSSR count). The van der Waals surface area contributed by atoms with Gasteiger partial charge in [0.1, 0.15) is 5.75 Å². The number of nitrogens with zero attached hydrogens (tertiary/aromatic N) is 2. The van der Waals surface area contributed by atoms with Gasteiger partial charge in [-0.25, -0.2) is 0 Å². The SMILES string of the molecule is CCN1CCCC1CN(Cc1ccc(O)cc1)C(=O)CCCNC(=O)c1ccsc1. The van der Waals surface area contributed by atoms with Crippen LogP contribution in [0.2, 0.25) is 0 Å². The molecule has 0 aliphatic carbocycles. The number of aromatic hydroxyl groups is 1.